The first-order valence-corrected chi connectivity index (χ1v) is 14.5. The second-order valence-electron chi connectivity index (χ2n) is 11.0. The summed E-state index contributed by atoms with van der Waals surface area (Å²) in [7, 11) is 0. The van der Waals surface area contributed by atoms with Crippen LogP contribution < -0.4 is 32.6 Å². The molecule has 3 rings (SSSR count). The van der Waals surface area contributed by atoms with Crippen LogP contribution in [0.5, 0.6) is 0 Å². The van der Waals surface area contributed by atoms with E-state index in [1.165, 1.54) is 13.0 Å². The standard InChI is InChI=1S/C32H41N5O6/c1-19(2)29(37-31(41)26(34-21(4)38)17-22-10-6-5-7-11-22)32(42)36-25(12-8-9-15-33)30(40)35-23-13-14-24-20(3)16-28(39)43-27(24)18-23/h5-7,10-11,13-14,16,18-19,25-26,29H,8-9,12,15,17,33H2,1-4H3,(H,34,38)(H,35,40)(H,36,42)(H,37,41)/t25-,26-,29-/m0/s1. The zero-order valence-electron chi connectivity index (χ0n) is 25.1. The van der Waals surface area contributed by atoms with Crippen LogP contribution in [0.25, 0.3) is 11.0 Å². The van der Waals surface area contributed by atoms with E-state index in [1.807, 2.05) is 30.3 Å². The highest BCUT2D eigenvalue weighted by Crippen LogP contribution is 2.21. The lowest BCUT2D eigenvalue weighted by Crippen LogP contribution is -2.58. The van der Waals surface area contributed by atoms with Crippen molar-refractivity contribution in [3.8, 4) is 0 Å². The fourth-order valence-corrected chi connectivity index (χ4v) is 4.75. The number of rotatable bonds is 14. The van der Waals surface area contributed by atoms with Crippen molar-refractivity contribution in [2.45, 2.75) is 71.5 Å². The molecular weight excluding hydrogens is 550 g/mol. The number of benzene rings is 2. The summed E-state index contributed by atoms with van der Waals surface area (Å²) in [5.74, 6) is -2.20. The van der Waals surface area contributed by atoms with E-state index in [0.29, 0.717) is 37.1 Å². The SMILES string of the molecule is CC(=O)N[C@@H](Cc1ccccc1)C(=O)N[C@H](C(=O)N[C@@H](CCCCN)C(=O)Nc1ccc2c(C)cc(=O)oc2c1)C(C)C. The van der Waals surface area contributed by atoms with Crippen LogP contribution in [0.3, 0.4) is 0 Å². The number of hydrogen-bond donors (Lipinski definition) is 5. The molecule has 0 bridgehead atoms. The molecule has 0 radical (unpaired) electrons. The highest BCUT2D eigenvalue weighted by molar-refractivity contribution is 6.00. The van der Waals surface area contributed by atoms with Crippen LogP contribution in [0.4, 0.5) is 5.69 Å². The number of hydrogen-bond acceptors (Lipinski definition) is 7. The Kier molecular flexibility index (Phi) is 12.0. The maximum Gasteiger partial charge on any atom is 0.336 e. The van der Waals surface area contributed by atoms with Crippen LogP contribution in [0, 0.1) is 12.8 Å². The molecular formula is C32H41N5O6. The smallest absolute Gasteiger partial charge is 0.336 e. The number of unbranched alkanes of at least 4 members (excludes halogenated alkanes) is 1. The van der Waals surface area contributed by atoms with Gasteiger partial charge in [0.05, 0.1) is 0 Å². The third-order valence-electron chi connectivity index (χ3n) is 7.02. The average Bonchev–Trinajstić information content (AvgIpc) is 2.94. The number of amides is 4. The first kappa shape index (κ1) is 33.0. The average molecular weight is 592 g/mol. The third-order valence-corrected chi connectivity index (χ3v) is 7.02. The van der Waals surface area contributed by atoms with Gasteiger partial charge in [-0.25, -0.2) is 4.79 Å². The molecule has 4 amide bonds. The Morgan fingerprint density at radius 2 is 1.58 bits per heavy atom. The van der Waals surface area contributed by atoms with Crippen molar-refractivity contribution in [2.75, 3.05) is 11.9 Å². The highest BCUT2D eigenvalue weighted by Gasteiger charge is 2.31. The van der Waals surface area contributed by atoms with Crippen molar-refractivity contribution < 1.29 is 23.6 Å². The van der Waals surface area contributed by atoms with Crippen LogP contribution in [-0.4, -0.2) is 48.3 Å². The molecule has 43 heavy (non-hydrogen) atoms. The number of nitrogens with one attached hydrogen (secondary N) is 4. The summed E-state index contributed by atoms with van der Waals surface area (Å²) in [6, 6.07) is 12.8. The van der Waals surface area contributed by atoms with Gasteiger partial charge in [0, 0.05) is 36.6 Å². The Morgan fingerprint density at radius 3 is 2.23 bits per heavy atom. The lowest BCUT2D eigenvalue weighted by Gasteiger charge is -2.27. The monoisotopic (exact) mass is 591 g/mol. The number of carbonyl (C=O) groups excluding carboxylic acids is 4. The molecule has 0 saturated carbocycles. The van der Waals surface area contributed by atoms with Gasteiger partial charge in [0.1, 0.15) is 23.7 Å². The zero-order valence-corrected chi connectivity index (χ0v) is 25.1. The van der Waals surface area contributed by atoms with E-state index >= 15 is 0 Å². The van der Waals surface area contributed by atoms with E-state index in [9.17, 15) is 24.0 Å². The van der Waals surface area contributed by atoms with Crippen LogP contribution >= 0.6 is 0 Å². The molecule has 1 aromatic heterocycles. The summed E-state index contributed by atoms with van der Waals surface area (Å²) < 4.78 is 5.29. The van der Waals surface area contributed by atoms with Crippen LogP contribution in [-0.2, 0) is 25.6 Å². The van der Waals surface area contributed by atoms with Crippen molar-refractivity contribution >= 4 is 40.3 Å². The summed E-state index contributed by atoms with van der Waals surface area (Å²) in [5, 5.41) is 11.8. The van der Waals surface area contributed by atoms with E-state index in [4.69, 9.17) is 10.2 Å². The van der Waals surface area contributed by atoms with Crippen molar-refractivity contribution in [2.24, 2.45) is 11.7 Å². The molecule has 3 aromatic rings. The maximum absolute atomic E-state index is 13.5. The van der Waals surface area contributed by atoms with Crippen LogP contribution in [0.2, 0.25) is 0 Å². The quantitative estimate of drug-likeness (QED) is 0.142. The predicted octanol–water partition coefficient (Wildman–Crippen LogP) is 2.54. The van der Waals surface area contributed by atoms with Crippen molar-refractivity contribution in [3.05, 3.63) is 76.1 Å². The molecule has 3 atom stereocenters. The first-order valence-electron chi connectivity index (χ1n) is 14.5. The maximum atomic E-state index is 13.5. The number of carbonyl (C=O) groups is 4. The van der Waals surface area contributed by atoms with Gasteiger partial charge in [0.2, 0.25) is 23.6 Å². The van der Waals surface area contributed by atoms with E-state index in [1.54, 1.807) is 39.0 Å². The van der Waals surface area contributed by atoms with Crippen molar-refractivity contribution in [1.29, 1.82) is 0 Å². The molecule has 230 valence electrons. The fraction of sp³-hybridized carbons (Fsp3) is 0.406. The van der Waals surface area contributed by atoms with Crippen molar-refractivity contribution in [3.63, 3.8) is 0 Å². The molecule has 2 aromatic carbocycles. The van der Waals surface area contributed by atoms with E-state index < -0.39 is 41.5 Å². The van der Waals surface area contributed by atoms with Gasteiger partial charge in [-0.05, 0) is 61.9 Å². The summed E-state index contributed by atoms with van der Waals surface area (Å²) in [4.78, 5) is 63.9. The first-order chi connectivity index (χ1) is 20.5. The largest absolute Gasteiger partial charge is 0.423 e. The van der Waals surface area contributed by atoms with E-state index in [0.717, 1.165) is 16.5 Å². The number of anilines is 1. The van der Waals surface area contributed by atoms with Gasteiger partial charge >= 0.3 is 5.63 Å². The second-order valence-corrected chi connectivity index (χ2v) is 11.0. The van der Waals surface area contributed by atoms with E-state index in [2.05, 4.69) is 21.3 Å². The van der Waals surface area contributed by atoms with Gasteiger partial charge in [-0.1, -0.05) is 44.2 Å². The number of aryl methyl sites for hydroxylation is 1. The summed E-state index contributed by atoms with van der Waals surface area (Å²) >= 11 is 0. The van der Waals surface area contributed by atoms with Gasteiger partial charge in [0.15, 0.2) is 0 Å². The molecule has 0 aliphatic heterocycles. The van der Waals surface area contributed by atoms with Gasteiger partial charge in [-0.2, -0.15) is 0 Å². The molecule has 0 aliphatic carbocycles. The summed E-state index contributed by atoms with van der Waals surface area (Å²) in [6.07, 6.45) is 1.80. The minimum absolute atomic E-state index is 0.244. The molecule has 0 unspecified atom stereocenters. The van der Waals surface area contributed by atoms with Gasteiger partial charge < -0.3 is 31.4 Å². The van der Waals surface area contributed by atoms with Crippen molar-refractivity contribution in [1.82, 2.24) is 16.0 Å². The number of nitrogens with two attached hydrogens (primary N) is 1. The molecule has 0 saturated heterocycles. The lowest BCUT2D eigenvalue weighted by molar-refractivity contribution is -0.133. The Labute approximate surface area is 251 Å². The van der Waals surface area contributed by atoms with Gasteiger partial charge in [-0.3, -0.25) is 19.2 Å². The molecule has 0 aliphatic rings. The highest BCUT2D eigenvalue weighted by atomic mass is 16.4. The molecule has 11 heteroatoms. The summed E-state index contributed by atoms with van der Waals surface area (Å²) in [5.41, 5.74) is 7.49. The van der Waals surface area contributed by atoms with Gasteiger partial charge in [0.25, 0.3) is 0 Å². The topological polar surface area (TPSA) is 173 Å². The molecule has 11 nitrogen and oxygen atoms in total. The van der Waals surface area contributed by atoms with Crippen LogP contribution in [0.1, 0.15) is 51.2 Å². The Balaban J connectivity index is 1.76. The predicted molar refractivity (Wildman–Crippen MR) is 165 cm³/mol. The fourth-order valence-electron chi connectivity index (χ4n) is 4.75. The van der Waals surface area contributed by atoms with E-state index in [-0.39, 0.29) is 18.2 Å². The number of fused-ring (bicyclic) bond motifs is 1. The minimum Gasteiger partial charge on any atom is -0.423 e. The zero-order chi connectivity index (χ0) is 31.5. The molecule has 1 heterocycles. The van der Waals surface area contributed by atoms with Crippen LogP contribution in [0.15, 0.2) is 63.8 Å². The third kappa shape index (κ3) is 9.78. The second kappa shape index (κ2) is 15.6. The normalized spacial score (nSPS) is 13.2. The van der Waals surface area contributed by atoms with Gasteiger partial charge in [-0.15, -0.1) is 0 Å². The molecule has 0 spiro atoms. The summed E-state index contributed by atoms with van der Waals surface area (Å²) in [6.45, 7) is 7.12. The molecule has 6 N–H and O–H groups in total. The Morgan fingerprint density at radius 1 is 0.860 bits per heavy atom. The lowest BCUT2D eigenvalue weighted by atomic mass is 10.00. The molecule has 0 fully saturated rings. The minimum atomic E-state index is -0.970. The Hall–Kier alpha value is -4.51. The Bertz CT molecular complexity index is 1490.